The van der Waals surface area contributed by atoms with Gasteiger partial charge < -0.3 is 10.4 Å². The lowest BCUT2D eigenvalue weighted by Gasteiger charge is -2.03. The SMILES string of the molecule is C[C@@H](O)C[NH2+]Cc1ccc(F)cc1. The molecule has 0 aromatic heterocycles. The molecule has 0 saturated heterocycles. The highest BCUT2D eigenvalue weighted by Gasteiger charge is 1.99. The lowest BCUT2D eigenvalue weighted by atomic mass is 10.2. The molecule has 13 heavy (non-hydrogen) atoms. The Labute approximate surface area is 77.4 Å². The minimum atomic E-state index is -0.291. The van der Waals surface area contributed by atoms with Crippen molar-refractivity contribution in [2.45, 2.75) is 19.6 Å². The lowest BCUT2D eigenvalue weighted by molar-refractivity contribution is -0.676. The minimum Gasteiger partial charge on any atom is -0.388 e. The van der Waals surface area contributed by atoms with Crippen molar-refractivity contribution in [3.05, 3.63) is 35.6 Å². The Kier molecular flexibility index (Phi) is 3.86. The fraction of sp³-hybridized carbons (Fsp3) is 0.400. The van der Waals surface area contributed by atoms with E-state index in [1.807, 2.05) is 5.32 Å². The summed E-state index contributed by atoms with van der Waals surface area (Å²) < 4.78 is 12.5. The zero-order valence-corrected chi connectivity index (χ0v) is 7.70. The van der Waals surface area contributed by atoms with Crippen molar-refractivity contribution in [3.8, 4) is 0 Å². The summed E-state index contributed by atoms with van der Waals surface area (Å²) in [7, 11) is 0. The number of aliphatic hydroxyl groups excluding tert-OH is 1. The van der Waals surface area contributed by atoms with Gasteiger partial charge in [-0.3, -0.25) is 0 Å². The first-order valence-corrected chi connectivity index (χ1v) is 4.42. The topological polar surface area (TPSA) is 36.8 Å². The molecule has 0 fully saturated rings. The molecule has 3 heteroatoms. The summed E-state index contributed by atoms with van der Waals surface area (Å²) in [5.41, 5.74) is 1.07. The molecule has 0 amide bonds. The van der Waals surface area contributed by atoms with E-state index in [0.717, 1.165) is 12.1 Å². The maximum atomic E-state index is 12.5. The van der Waals surface area contributed by atoms with Crippen LogP contribution in [-0.2, 0) is 6.54 Å². The summed E-state index contributed by atoms with van der Waals surface area (Å²) in [4.78, 5) is 0. The highest BCUT2D eigenvalue weighted by atomic mass is 19.1. The second-order valence-corrected chi connectivity index (χ2v) is 3.20. The summed E-state index contributed by atoms with van der Waals surface area (Å²) in [6.45, 7) is 3.21. The Morgan fingerprint density at radius 1 is 1.38 bits per heavy atom. The molecule has 0 saturated carbocycles. The molecule has 0 bridgehead atoms. The van der Waals surface area contributed by atoms with Crippen LogP contribution in [0.5, 0.6) is 0 Å². The molecule has 3 N–H and O–H groups in total. The zero-order valence-electron chi connectivity index (χ0n) is 7.70. The first kappa shape index (κ1) is 10.2. The van der Waals surface area contributed by atoms with Crippen LogP contribution in [0.15, 0.2) is 24.3 Å². The maximum Gasteiger partial charge on any atom is 0.123 e. The van der Waals surface area contributed by atoms with Crippen LogP contribution in [0.4, 0.5) is 4.39 Å². The van der Waals surface area contributed by atoms with Gasteiger partial charge in [0, 0.05) is 5.56 Å². The molecule has 0 heterocycles. The second kappa shape index (κ2) is 4.94. The molecule has 1 rings (SSSR count). The predicted molar refractivity (Wildman–Crippen MR) is 48.6 cm³/mol. The number of quaternary nitrogens is 1. The van der Waals surface area contributed by atoms with Gasteiger partial charge in [0.1, 0.15) is 18.9 Å². The normalized spacial score (nSPS) is 12.8. The van der Waals surface area contributed by atoms with Gasteiger partial charge in [-0.1, -0.05) is 12.1 Å². The van der Waals surface area contributed by atoms with Gasteiger partial charge in [-0.25, -0.2) is 4.39 Å². The molecule has 0 radical (unpaired) electrons. The molecule has 1 aromatic carbocycles. The predicted octanol–water partition coefficient (Wildman–Crippen LogP) is 0.270. The fourth-order valence-corrected chi connectivity index (χ4v) is 1.11. The van der Waals surface area contributed by atoms with Crippen LogP contribution in [0.25, 0.3) is 0 Å². The van der Waals surface area contributed by atoms with Crippen LogP contribution >= 0.6 is 0 Å². The third-order valence-corrected chi connectivity index (χ3v) is 1.80. The number of aliphatic hydroxyl groups is 1. The first-order chi connectivity index (χ1) is 6.18. The average molecular weight is 184 g/mol. The van der Waals surface area contributed by atoms with Crippen molar-refractivity contribution >= 4 is 0 Å². The van der Waals surface area contributed by atoms with Crippen LogP contribution < -0.4 is 5.32 Å². The van der Waals surface area contributed by atoms with Gasteiger partial charge in [0.2, 0.25) is 0 Å². The van der Waals surface area contributed by atoms with Gasteiger partial charge in [0.25, 0.3) is 0 Å². The van der Waals surface area contributed by atoms with Crippen LogP contribution in [0.3, 0.4) is 0 Å². The molecule has 0 unspecified atom stereocenters. The molecule has 0 aliphatic heterocycles. The highest BCUT2D eigenvalue weighted by Crippen LogP contribution is 2.00. The lowest BCUT2D eigenvalue weighted by Crippen LogP contribution is -2.84. The van der Waals surface area contributed by atoms with Crippen molar-refractivity contribution in [2.75, 3.05) is 6.54 Å². The summed E-state index contributed by atoms with van der Waals surface area (Å²) in [5, 5.41) is 11.0. The molecule has 72 valence electrons. The Bertz CT molecular complexity index is 246. The van der Waals surface area contributed by atoms with Crippen LogP contribution in [-0.4, -0.2) is 17.8 Å². The molecule has 0 aliphatic carbocycles. The van der Waals surface area contributed by atoms with Crippen LogP contribution in [0, 0.1) is 5.82 Å². The number of nitrogens with two attached hydrogens (primary N) is 1. The van der Waals surface area contributed by atoms with Gasteiger partial charge in [0.15, 0.2) is 0 Å². The summed E-state index contributed by atoms with van der Waals surface area (Å²) in [6, 6.07) is 6.42. The zero-order chi connectivity index (χ0) is 9.68. The van der Waals surface area contributed by atoms with Crippen molar-refractivity contribution in [1.82, 2.24) is 0 Å². The Hall–Kier alpha value is -0.930. The van der Waals surface area contributed by atoms with E-state index in [2.05, 4.69) is 0 Å². The number of hydrogen-bond acceptors (Lipinski definition) is 1. The van der Waals surface area contributed by atoms with Gasteiger partial charge >= 0.3 is 0 Å². The van der Waals surface area contributed by atoms with Crippen LogP contribution in [0.2, 0.25) is 0 Å². The standard InChI is InChI=1S/C10H14FNO/c1-8(13)6-12-7-9-2-4-10(11)5-3-9/h2-5,8,12-13H,6-7H2,1H3/p+1/t8-/m1/s1. The summed E-state index contributed by atoms with van der Waals surface area (Å²) in [5.74, 6) is -0.209. The molecule has 2 nitrogen and oxygen atoms in total. The number of rotatable bonds is 4. The third kappa shape index (κ3) is 4.01. The summed E-state index contributed by atoms with van der Waals surface area (Å²) in [6.07, 6.45) is -0.291. The van der Waals surface area contributed by atoms with E-state index in [1.54, 1.807) is 19.1 Å². The van der Waals surface area contributed by atoms with Gasteiger partial charge in [-0.05, 0) is 19.1 Å². The van der Waals surface area contributed by atoms with Gasteiger partial charge in [-0.15, -0.1) is 0 Å². The number of benzene rings is 1. The van der Waals surface area contributed by atoms with E-state index in [4.69, 9.17) is 5.11 Å². The molecular formula is C10H15FNO+. The number of halogens is 1. The quantitative estimate of drug-likeness (QED) is 0.692. The number of hydrogen-bond donors (Lipinski definition) is 2. The third-order valence-electron chi connectivity index (χ3n) is 1.80. The van der Waals surface area contributed by atoms with Crippen molar-refractivity contribution in [3.63, 3.8) is 0 Å². The Morgan fingerprint density at radius 2 is 2.00 bits per heavy atom. The minimum absolute atomic E-state index is 0.209. The fourth-order valence-electron chi connectivity index (χ4n) is 1.11. The van der Waals surface area contributed by atoms with Crippen molar-refractivity contribution in [2.24, 2.45) is 0 Å². The van der Waals surface area contributed by atoms with Crippen molar-refractivity contribution < 1.29 is 14.8 Å². The van der Waals surface area contributed by atoms with Gasteiger partial charge in [-0.2, -0.15) is 0 Å². The monoisotopic (exact) mass is 184 g/mol. The largest absolute Gasteiger partial charge is 0.388 e. The first-order valence-electron chi connectivity index (χ1n) is 4.42. The van der Waals surface area contributed by atoms with E-state index in [1.165, 1.54) is 12.1 Å². The van der Waals surface area contributed by atoms with E-state index in [0.29, 0.717) is 6.54 Å². The van der Waals surface area contributed by atoms with E-state index in [-0.39, 0.29) is 11.9 Å². The Morgan fingerprint density at radius 3 is 2.54 bits per heavy atom. The van der Waals surface area contributed by atoms with Gasteiger partial charge in [0.05, 0.1) is 6.10 Å². The molecule has 1 aromatic rings. The molecular weight excluding hydrogens is 169 g/mol. The molecule has 1 atom stereocenters. The maximum absolute atomic E-state index is 12.5. The Balaban J connectivity index is 2.33. The molecule has 0 spiro atoms. The smallest absolute Gasteiger partial charge is 0.123 e. The van der Waals surface area contributed by atoms with Crippen LogP contribution in [0.1, 0.15) is 12.5 Å². The van der Waals surface area contributed by atoms with E-state index < -0.39 is 0 Å². The van der Waals surface area contributed by atoms with E-state index in [9.17, 15) is 4.39 Å². The van der Waals surface area contributed by atoms with E-state index >= 15 is 0 Å². The second-order valence-electron chi connectivity index (χ2n) is 3.20. The van der Waals surface area contributed by atoms with Crippen molar-refractivity contribution in [1.29, 1.82) is 0 Å². The summed E-state index contributed by atoms with van der Waals surface area (Å²) >= 11 is 0. The average Bonchev–Trinajstić information content (AvgIpc) is 2.08. The highest BCUT2D eigenvalue weighted by molar-refractivity contribution is 5.14. The molecule has 0 aliphatic rings.